The number of anilines is 1. The largest absolute Gasteiger partial charge is 0.370 e. The summed E-state index contributed by atoms with van der Waals surface area (Å²) >= 11 is 0. The number of aryl methyl sites for hydroxylation is 1. The molecule has 1 fully saturated rings. The Morgan fingerprint density at radius 3 is 2.94 bits per heavy atom. The predicted octanol–water partition coefficient (Wildman–Crippen LogP) is 2.71. The van der Waals surface area contributed by atoms with Crippen molar-refractivity contribution in [2.24, 2.45) is 0 Å². The highest BCUT2D eigenvalue weighted by molar-refractivity contribution is 5.36. The number of hydrogen-bond donors (Lipinski definition) is 1. The first kappa shape index (κ1) is 12.3. The van der Waals surface area contributed by atoms with Crippen LogP contribution in [0, 0.1) is 0 Å². The van der Waals surface area contributed by atoms with E-state index in [2.05, 4.69) is 29.1 Å². The van der Waals surface area contributed by atoms with Crippen LogP contribution in [0.5, 0.6) is 0 Å². The van der Waals surface area contributed by atoms with E-state index in [4.69, 9.17) is 4.74 Å². The summed E-state index contributed by atoms with van der Waals surface area (Å²) in [6.45, 7) is 5.96. The Morgan fingerprint density at radius 1 is 1.41 bits per heavy atom. The Balaban J connectivity index is 2.22. The van der Waals surface area contributed by atoms with E-state index in [-0.39, 0.29) is 6.10 Å². The van der Waals surface area contributed by atoms with Gasteiger partial charge in [0, 0.05) is 24.9 Å². The quantitative estimate of drug-likeness (QED) is 0.852. The van der Waals surface area contributed by atoms with Crippen LogP contribution in [0.15, 0.2) is 6.07 Å². The van der Waals surface area contributed by atoms with Gasteiger partial charge in [-0.2, -0.15) is 0 Å². The maximum Gasteiger partial charge on any atom is 0.159 e. The molecule has 2 heterocycles. The van der Waals surface area contributed by atoms with Crippen LogP contribution in [0.1, 0.15) is 50.7 Å². The summed E-state index contributed by atoms with van der Waals surface area (Å²) in [5.41, 5.74) is 1.11. The third-order valence-corrected chi connectivity index (χ3v) is 2.88. The zero-order valence-electron chi connectivity index (χ0n) is 10.7. The van der Waals surface area contributed by atoms with Crippen molar-refractivity contribution in [3.63, 3.8) is 0 Å². The van der Waals surface area contributed by atoms with E-state index in [1.54, 1.807) is 0 Å². The number of nitrogens with zero attached hydrogens (tertiary/aromatic N) is 2. The van der Waals surface area contributed by atoms with Gasteiger partial charge in [0.1, 0.15) is 11.9 Å². The molecule has 1 unspecified atom stereocenters. The van der Waals surface area contributed by atoms with Gasteiger partial charge in [-0.15, -0.1) is 0 Å². The van der Waals surface area contributed by atoms with Gasteiger partial charge in [-0.25, -0.2) is 9.97 Å². The van der Waals surface area contributed by atoms with E-state index < -0.39 is 0 Å². The minimum absolute atomic E-state index is 0.101. The van der Waals surface area contributed by atoms with Gasteiger partial charge in [0.25, 0.3) is 0 Å². The smallest absolute Gasteiger partial charge is 0.159 e. The fraction of sp³-hybridized carbons (Fsp3) is 0.692. The van der Waals surface area contributed by atoms with Gasteiger partial charge in [0.05, 0.1) is 0 Å². The lowest BCUT2D eigenvalue weighted by atomic mass is 10.2. The molecule has 1 aliphatic rings. The fourth-order valence-corrected chi connectivity index (χ4v) is 2.10. The van der Waals surface area contributed by atoms with Gasteiger partial charge in [0.2, 0.25) is 0 Å². The summed E-state index contributed by atoms with van der Waals surface area (Å²) in [5, 5.41) is 3.26. The molecule has 0 saturated carbocycles. The summed E-state index contributed by atoms with van der Waals surface area (Å²) in [5.74, 6) is 1.78. The van der Waals surface area contributed by atoms with Crippen molar-refractivity contribution in [3.8, 4) is 0 Å². The van der Waals surface area contributed by atoms with Crippen LogP contribution in [0.2, 0.25) is 0 Å². The monoisotopic (exact) mass is 235 g/mol. The molecule has 0 bridgehead atoms. The topological polar surface area (TPSA) is 47.0 Å². The average molecular weight is 235 g/mol. The van der Waals surface area contributed by atoms with Gasteiger partial charge in [-0.05, 0) is 26.2 Å². The molecule has 94 valence electrons. The SMILES string of the molecule is CCCc1cc(NCC)nc(C2CCCO2)n1. The second-order valence-corrected chi connectivity index (χ2v) is 4.38. The van der Waals surface area contributed by atoms with E-state index in [0.717, 1.165) is 56.2 Å². The highest BCUT2D eigenvalue weighted by Crippen LogP contribution is 2.27. The predicted molar refractivity (Wildman–Crippen MR) is 68.1 cm³/mol. The third-order valence-electron chi connectivity index (χ3n) is 2.88. The number of aromatic nitrogens is 2. The van der Waals surface area contributed by atoms with E-state index in [0.29, 0.717) is 0 Å². The molecular weight excluding hydrogens is 214 g/mol. The Labute approximate surface area is 103 Å². The zero-order valence-corrected chi connectivity index (χ0v) is 10.7. The molecule has 0 radical (unpaired) electrons. The Bertz CT molecular complexity index is 337. The van der Waals surface area contributed by atoms with Crippen LogP contribution < -0.4 is 5.32 Å². The molecule has 4 heteroatoms. The molecule has 1 atom stereocenters. The molecule has 0 spiro atoms. The summed E-state index contributed by atoms with van der Waals surface area (Å²) in [6.07, 6.45) is 4.36. The molecule has 4 nitrogen and oxygen atoms in total. The molecule has 17 heavy (non-hydrogen) atoms. The highest BCUT2D eigenvalue weighted by atomic mass is 16.5. The average Bonchev–Trinajstić information content (AvgIpc) is 2.83. The lowest BCUT2D eigenvalue weighted by Gasteiger charge is -2.12. The number of rotatable bonds is 5. The van der Waals surface area contributed by atoms with Gasteiger partial charge in [-0.3, -0.25) is 0 Å². The lowest BCUT2D eigenvalue weighted by molar-refractivity contribution is 0.105. The van der Waals surface area contributed by atoms with E-state index in [9.17, 15) is 0 Å². The standard InChI is InChI=1S/C13H21N3O/c1-3-6-10-9-12(14-4-2)16-13(15-10)11-7-5-8-17-11/h9,11H,3-8H2,1-2H3,(H,14,15,16). The van der Waals surface area contributed by atoms with Crippen molar-refractivity contribution in [1.29, 1.82) is 0 Å². The first-order valence-electron chi connectivity index (χ1n) is 6.56. The minimum atomic E-state index is 0.101. The first-order chi connectivity index (χ1) is 8.33. The number of nitrogens with one attached hydrogen (secondary N) is 1. The zero-order chi connectivity index (χ0) is 12.1. The Kier molecular flexibility index (Phi) is 4.31. The molecule has 0 amide bonds. The Morgan fingerprint density at radius 2 is 2.29 bits per heavy atom. The fourth-order valence-electron chi connectivity index (χ4n) is 2.10. The minimum Gasteiger partial charge on any atom is -0.370 e. The molecule has 0 aromatic carbocycles. The Hall–Kier alpha value is -1.16. The van der Waals surface area contributed by atoms with Crippen molar-refractivity contribution in [3.05, 3.63) is 17.6 Å². The van der Waals surface area contributed by atoms with E-state index in [1.807, 2.05) is 6.07 Å². The molecule has 0 aliphatic carbocycles. The maximum atomic E-state index is 5.65. The number of ether oxygens (including phenoxy) is 1. The highest BCUT2D eigenvalue weighted by Gasteiger charge is 2.21. The van der Waals surface area contributed by atoms with Crippen LogP contribution in [-0.4, -0.2) is 23.1 Å². The second-order valence-electron chi connectivity index (χ2n) is 4.38. The van der Waals surface area contributed by atoms with E-state index >= 15 is 0 Å². The van der Waals surface area contributed by atoms with E-state index in [1.165, 1.54) is 0 Å². The molecule has 1 N–H and O–H groups in total. The number of hydrogen-bond acceptors (Lipinski definition) is 4. The van der Waals surface area contributed by atoms with Crippen LogP contribution in [0.3, 0.4) is 0 Å². The molecular formula is C13H21N3O. The van der Waals surface area contributed by atoms with Crippen molar-refractivity contribution >= 4 is 5.82 Å². The maximum absolute atomic E-state index is 5.65. The summed E-state index contributed by atoms with van der Waals surface area (Å²) in [6, 6.07) is 2.05. The summed E-state index contributed by atoms with van der Waals surface area (Å²) < 4.78 is 5.65. The van der Waals surface area contributed by atoms with Gasteiger partial charge in [0.15, 0.2) is 5.82 Å². The summed E-state index contributed by atoms with van der Waals surface area (Å²) in [7, 11) is 0. The van der Waals surface area contributed by atoms with Gasteiger partial charge < -0.3 is 10.1 Å². The summed E-state index contributed by atoms with van der Waals surface area (Å²) in [4.78, 5) is 9.15. The van der Waals surface area contributed by atoms with Crippen LogP contribution in [0.25, 0.3) is 0 Å². The molecule has 1 aliphatic heterocycles. The molecule has 1 aromatic rings. The van der Waals surface area contributed by atoms with Crippen LogP contribution in [0.4, 0.5) is 5.82 Å². The van der Waals surface area contributed by atoms with Gasteiger partial charge >= 0.3 is 0 Å². The lowest BCUT2D eigenvalue weighted by Crippen LogP contribution is -2.09. The molecule has 1 aromatic heterocycles. The van der Waals surface area contributed by atoms with Crippen molar-refractivity contribution in [2.45, 2.75) is 45.6 Å². The van der Waals surface area contributed by atoms with Crippen molar-refractivity contribution in [1.82, 2.24) is 9.97 Å². The normalized spacial score (nSPS) is 19.5. The first-order valence-corrected chi connectivity index (χ1v) is 6.56. The van der Waals surface area contributed by atoms with Crippen molar-refractivity contribution in [2.75, 3.05) is 18.5 Å². The van der Waals surface area contributed by atoms with Crippen molar-refractivity contribution < 1.29 is 4.74 Å². The third kappa shape index (κ3) is 3.16. The second kappa shape index (κ2) is 5.96. The van der Waals surface area contributed by atoms with Gasteiger partial charge in [-0.1, -0.05) is 13.3 Å². The molecule has 1 saturated heterocycles. The van der Waals surface area contributed by atoms with Crippen LogP contribution in [-0.2, 0) is 11.2 Å². The van der Waals surface area contributed by atoms with Crippen LogP contribution >= 0.6 is 0 Å². The molecule has 2 rings (SSSR count).